The minimum absolute atomic E-state index is 0.0197. The van der Waals surface area contributed by atoms with Gasteiger partial charge in [0.1, 0.15) is 16.7 Å². The van der Waals surface area contributed by atoms with E-state index < -0.39 is 0 Å². The van der Waals surface area contributed by atoms with Crippen molar-refractivity contribution >= 4 is 29.1 Å². The minimum Gasteiger partial charge on any atom is -0.425 e. The third kappa shape index (κ3) is 3.80. The summed E-state index contributed by atoms with van der Waals surface area (Å²) in [5.41, 5.74) is 6.43. The summed E-state index contributed by atoms with van der Waals surface area (Å²) < 4.78 is 6.34. The molecule has 1 atom stereocenters. The molecule has 0 N–H and O–H groups in total. The molecule has 34 heavy (non-hydrogen) atoms. The van der Waals surface area contributed by atoms with Gasteiger partial charge in [-0.2, -0.15) is 0 Å². The highest BCUT2D eigenvalue weighted by molar-refractivity contribution is 7.12. The van der Waals surface area contributed by atoms with Crippen LogP contribution in [-0.2, 0) is 28.5 Å². The largest absolute Gasteiger partial charge is 0.425 e. The molecule has 1 unspecified atom stereocenters. The number of hydrogen-bond donors (Lipinski definition) is 0. The normalized spacial score (nSPS) is 22.8. The van der Waals surface area contributed by atoms with E-state index >= 15 is 0 Å². The lowest BCUT2D eigenvalue weighted by Gasteiger charge is -2.48. The number of hydrogen-bond acceptors (Lipinski definition) is 5. The fraction of sp³-hybridized carbons (Fsp3) is 0.586. The van der Waals surface area contributed by atoms with Crippen LogP contribution < -0.4 is 9.64 Å². The molecule has 2 aromatic rings. The van der Waals surface area contributed by atoms with Gasteiger partial charge in [0.2, 0.25) is 0 Å². The monoisotopic (exact) mass is 478 g/mol. The molecule has 0 saturated heterocycles. The van der Waals surface area contributed by atoms with E-state index in [1.807, 2.05) is 0 Å². The Balaban J connectivity index is 1.59. The highest BCUT2D eigenvalue weighted by atomic mass is 32.1. The smallest absolute Gasteiger partial charge is 0.321 e. The number of aromatic nitrogens is 1. The van der Waals surface area contributed by atoms with Crippen LogP contribution >= 0.6 is 11.3 Å². The Morgan fingerprint density at radius 2 is 1.91 bits per heavy atom. The van der Waals surface area contributed by atoms with Gasteiger partial charge in [-0.1, -0.05) is 47.6 Å². The first kappa shape index (κ1) is 23.6. The predicted octanol–water partition coefficient (Wildman–Crippen LogP) is 6.93. The molecule has 182 valence electrons. The molecule has 1 aromatic carbocycles. The van der Waals surface area contributed by atoms with Gasteiger partial charge in [0.25, 0.3) is 0 Å². The quantitative estimate of drug-likeness (QED) is 0.353. The van der Waals surface area contributed by atoms with Crippen molar-refractivity contribution in [1.82, 2.24) is 4.98 Å². The molecule has 5 rings (SSSR count). The van der Waals surface area contributed by atoms with Crippen molar-refractivity contribution in [3.8, 4) is 5.75 Å². The molecule has 4 nitrogen and oxygen atoms in total. The van der Waals surface area contributed by atoms with Gasteiger partial charge in [-0.15, -0.1) is 11.3 Å². The van der Waals surface area contributed by atoms with Crippen LogP contribution in [0.25, 0.3) is 6.08 Å². The number of allylic oxidation sites excluding steroid dienone is 1. The second-order valence-corrected chi connectivity index (χ2v) is 12.5. The zero-order valence-corrected chi connectivity index (χ0v) is 22.4. The number of nitrogens with zero attached hydrogens (tertiary/aromatic N) is 2. The topological polar surface area (TPSA) is 42.4 Å². The summed E-state index contributed by atoms with van der Waals surface area (Å²) in [6, 6.07) is 2.37. The Morgan fingerprint density at radius 1 is 1.18 bits per heavy atom. The Labute approximate surface area is 208 Å². The van der Waals surface area contributed by atoms with Crippen LogP contribution in [0.3, 0.4) is 0 Å². The van der Waals surface area contributed by atoms with E-state index in [-0.39, 0.29) is 22.7 Å². The molecular formula is C29H38N2O2S. The Kier molecular flexibility index (Phi) is 5.91. The molecule has 3 aliphatic rings. The lowest BCUT2D eigenvalue weighted by molar-refractivity contribution is -0.136. The summed E-state index contributed by atoms with van der Waals surface area (Å²) in [6.07, 6.45) is 10.0. The van der Waals surface area contributed by atoms with Gasteiger partial charge >= 0.3 is 5.97 Å². The van der Waals surface area contributed by atoms with E-state index in [1.165, 1.54) is 27.3 Å². The number of benzene rings is 1. The van der Waals surface area contributed by atoms with Crippen molar-refractivity contribution < 1.29 is 9.53 Å². The average molecular weight is 479 g/mol. The number of carbonyl (C=O) groups excluding carboxylic acids is 1. The zero-order chi connectivity index (χ0) is 24.3. The minimum atomic E-state index is -0.300. The lowest BCUT2D eigenvalue weighted by atomic mass is 9.68. The number of carbonyl (C=O) groups is 1. The maximum atomic E-state index is 13.6. The molecule has 3 aliphatic heterocycles. The first-order valence-corrected chi connectivity index (χ1v) is 13.8. The van der Waals surface area contributed by atoms with Crippen LogP contribution in [0.5, 0.6) is 5.75 Å². The van der Waals surface area contributed by atoms with Crippen molar-refractivity contribution in [2.24, 2.45) is 0 Å². The van der Waals surface area contributed by atoms with Crippen LogP contribution in [0.15, 0.2) is 12.1 Å². The molecule has 0 saturated carbocycles. The number of thiazole rings is 1. The van der Waals surface area contributed by atoms with Gasteiger partial charge in [0.05, 0.1) is 10.6 Å². The summed E-state index contributed by atoms with van der Waals surface area (Å²) in [4.78, 5) is 22.2. The van der Waals surface area contributed by atoms with Gasteiger partial charge in [-0.05, 0) is 72.6 Å². The first-order valence-electron chi connectivity index (χ1n) is 13.0. The van der Waals surface area contributed by atoms with Crippen LogP contribution in [0.4, 0.5) is 5.69 Å². The van der Waals surface area contributed by atoms with E-state index in [0.29, 0.717) is 0 Å². The molecule has 0 bridgehead atoms. The van der Waals surface area contributed by atoms with Gasteiger partial charge in [0, 0.05) is 24.3 Å². The average Bonchev–Trinajstić information content (AvgIpc) is 3.11. The molecule has 0 amide bonds. The third-order valence-electron chi connectivity index (χ3n) is 8.14. The Morgan fingerprint density at radius 3 is 2.62 bits per heavy atom. The van der Waals surface area contributed by atoms with Crippen molar-refractivity contribution in [3.05, 3.63) is 44.4 Å². The van der Waals surface area contributed by atoms with E-state index in [2.05, 4.69) is 64.7 Å². The number of esters is 1. The second kappa shape index (κ2) is 8.51. The molecule has 0 spiro atoms. The highest BCUT2D eigenvalue weighted by Crippen LogP contribution is 2.54. The number of rotatable bonds is 4. The molecule has 0 aliphatic carbocycles. The van der Waals surface area contributed by atoms with Gasteiger partial charge in [0.15, 0.2) is 0 Å². The maximum absolute atomic E-state index is 13.6. The molecule has 4 heterocycles. The van der Waals surface area contributed by atoms with Gasteiger partial charge in [-0.3, -0.25) is 4.79 Å². The second-order valence-electron chi connectivity index (χ2n) is 11.4. The third-order valence-corrected chi connectivity index (χ3v) is 9.31. The van der Waals surface area contributed by atoms with Crippen molar-refractivity contribution in [3.63, 3.8) is 0 Å². The van der Waals surface area contributed by atoms with Gasteiger partial charge < -0.3 is 9.64 Å². The summed E-state index contributed by atoms with van der Waals surface area (Å²) in [5.74, 6) is 0.406. The standard InChI is InChI=1S/C29H38N2O2S/c1-7-9-10-22-21(8-2)30-26(34-22)19-12-11-18-17-20-24-23(25(18)33-27(19)32)29(5,6)14-16-31(24)15-13-28(20,3)4/h9-10,17,19H,7-8,11-16H2,1-6H3/b10-9-. The molecule has 1 aromatic heterocycles. The Hall–Kier alpha value is -2.14. The van der Waals surface area contributed by atoms with Crippen molar-refractivity contribution in [2.45, 2.75) is 96.8 Å². The summed E-state index contributed by atoms with van der Waals surface area (Å²) in [5, 5.41) is 0.907. The van der Waals surface area contributed by atoms with E-state index in [4.69, 9.17) is 9.72 Å². The highest BCUT2D eigenvalue weighted by Gasteiger charge is 2.44. The van der Waals surface area contributed by atoms with E-state index in [1.54, 1.807) is 11.3 Å². The predicted molar refractivity (Wildman–Crippen MR) is 141 cm³/mol. The fourth-order valence-corrected chi connectivity index (χ4v) is 7.07. The van der Waals surface area contributed by atoms with Crippen LogP contribution in [0.2, 0.25) is 0 Å². The van der Waals surface area contributed by atoms with Crippen molar-refractivity contribution in [2.75, 3.05) is 18.0 Å². The van der Waals surface area contributed by atoms with E-state index in [9.17, 15) is 4.79 Å². The van der Waals surface area contributed by atoms with E-state index in [0.717, 1.165) is 68.1 Å². The maximum Gasteiger partial charge on any atom is 0.321 e. The number of fused-ring (bicyclic) bond motifs is 2. The lowest BCUT2D eigenvalue weighted by Crippen LogP contribution is -2.45. The van der Waals surface area contributed by atoms with Gasteiger partial charge in [-0.25, -0.2) is 4.98 Å². The zero-order valence-electron chi connectivity index (χ0n) is 21.6. The first-order chi connectivity index (χ1) is 16.2. The molecule has 0 fully saturated rings. The molecular weight excluding hydrogens is 440 g/mol. The van der Waals surface area contributed by atoms with Crippen LogP contribution in [-0.4, -0.2) is 24.0 Å². The van der Waals surface area contributed by atoms with Crippen molar-refractivity contribution in [1.29, 1.82) is 0 Å². The molecule has 0 radical (unpaired) electrons. The number of aryl methyl sites for hydroxylation is 2. The molecule has 5 heteroatoms. The summed E-state index contributed by atoms with van der Waals surface area (Å²) in [7, 11) is 0. The number of anilines is 1. The Bertz CT molecular complexity index is 1160. The van der Waals surface area contributed by atoms with Crippen LogP contribution in [0, 0.1) is 0 Å². The summed E-state index contributed by atoms with van der Waals surface area (Å²) >= 11 is 1.66. The SMILES string of the molecule is CC/C=C\c1sc(C2CCc3cc4c5c(c3OC2=O)C(C)(C)CCN5CCC4(C)C)nc1CC. The fourth-order valence-electron chi connectivity index (χ4n) is 5.86. The summed E-state index contributed by atoms with van der Waals surface area (Å²) in [6.45, 7) is 15.8. The number of ether oxygens (including phenoxy) is 1. The van der Waals surface area contributed by atoms with Crippen LogP contribution in [0.1, 0.15) is 105 Å².